The van der Waals surface area contributed by atoms with Gasteiger partial charge in [0, 0.05) is 0 Å². The molecule has 0 heterocycles. The van der Waals surface area contributed by atoms with Crippen LogP contribution in [0.5, 0.6) is 0 Å². The van der Waals surface area contributed by atoms with Crippen molar-refractivity contribution in [3.8, 4) is 0 Å². The van der Waals surface area contributed by atoms with Crippen molar-refractivity contribution in [1.29, 1.82) is 0 Å². The van der Waals surface area contributed by atoms with Gasteiger partial charge in [0.1, 0.15) is 0 Å². The van der Waals surface area contributed by atoms with Crippen molar-refractivity contribution in [2.45, 2.75) is 103 Å². The Kier molecular flexibility index (Phi) is 7.66. The molecule has 3 aliphatic rings. The van der Waals surface area contributed by atoms with Crippen molar-refractivity contribution in [3.63, 3.8) is 0 Å². The van der Waals surface area contributed by atoms with Gasteiger partial charge >= 0.3 is 0 Å². The van der Waals surface area contributed by atoms with E-state index in [2.05, 4.69) is 38.7 Å². The van der Waals surface area contributed by atoms with Gasteiger partial charge in [-0.3, -0.25) is 0 Å². The molecule has 3 nitrogen and oxygen atoms in total. The van der Waals surface area contributed by atoms with Crippen LogP contribution in [0.3, 0.4) is 0 Å². The highest BCUT2D eigenvalue weighted by molar-refractivity contribution is 7.92. The fourth-order valence-corrected chi connectivity index (χ4v) is 7.25. The molecule has 3 rings (SSSR count). The Morgan fingerprint density at radius 2 is 1.97 bits per heavy atom. The van der Waals surface area contributed by atoms with E-state index in [0.717, 1.165) is 50.5 Å². The first-order valence-corrected chi connectivity index (χ1v) is 14.2. The molecule has 2 fully saturated rings. The van der Waals surface area contributed by atoms with E-state index >= 15 is 0 Å². The van der Waals surface area contributed by atoms with Gasteiger partial charge in [0.15, 0.2) is 9.84 Å². The molecule has 0 aliphatic heterocycles. The third-order valence-corrected chi connectivity index (χ3v) is 11.1. The minimum absolute atomic E-state index is 0.188. The molecule has 1 N–H and O–H groups in total. The number of aliphatic hydroxyl groups is 1. The predicted molar refractivity (Wildman–Crippen MR) is 135 cm³/mol. The van der Waals surface area contributed by atoms with Crippen LogP contribution < -0.4 is 0 Å². The molecule has 180 valence electrons. The first-order valence-electron chi connectivity index (χ1n) is 12.6. The van der Waals surface area contributed by atoms with Crippen LogP contribution in [0.1, 0.15) is 92.4 Å². The second-order valence-corrected chi connectivity index (χ2v) is 14.4. The van der Waals surface area contributed by atoms with Crippen LogP contribution in [0.15, 0.2) is 47.1 Å². The van der Waals surface area contributed by atoms with Crippen molar-refractivity contribution < 1.29 is 13.5 Å². The van der Waals surface area contributed by atoms with Crippen molar-refractivity contribution >= 4 is 9.84 Å². The fourth-order valence-electron chi connectivity index (χ4n) is 6.09. The Labute approximate surface area is 196 Å². The Bertz CT molecular complexity index is 913. The van der Waals surface area contributed by atoms with Crippen LogP contribution >= 0.6 is 0 Å². The fraction of sp³-hybridized carbons (Fsp3) is 0.714. The third-order valence-electron chi connectivity index (χ3n) is 8.36. The number of hydrogen-bond acceptors (Lipinski definition) is 3. The summed E-state index contributed by atoms with van der Waals surface area (Å²) in [5, 5.41) is 10.1. The molecule has 3 aliphatic carbocycles. The van der Waals surface area contributed by atoms with Gasteiger partial charge < -0.3 is 5.11 Å². The van der Waals surface area contributed by atoms with Crippen LogP contribution in [0.2, 0.25) is 0 Å². The summed E-state index contributed by atoms with van der Waals surface area (Å²) < 4.78 is 24.3. The number of rotatable bonds is 6. The van der Waals surface area contributed by atoms with E-state index in [1.165, 1.54) is 24.0 Å². The molecular weight excluding hydrogens is 416 g/mol. The first kappa shape index (κ1) is 25.5. The molecule has 2 saturated carbocycles. The lowest BCUT2D eigenvalue weighted by Crippen LogP contribution is -2.33. The lowest BCUT2D eigenvalue weighted by Gasteiger charge is -2.42. The Balaban J connectivity index is 1.68. The van der Waals surface area contributed by atoms with Crippen molar-refractivity contribution in [3.05, 3.63) is 47.1 Å². The van der Waals surface area contributed by atoms with Crippen LogP contribution in [0.25, 0.3) is 0 Å². The Morgan fingerprint density at radius 1 is 1.25 bits per heavy atom. The smallest absolute Gasteiger partial charge is 0.155 e. The molecule has 4 atom stereocenters. The quantitative estimate of drug-likeness (QED) is 0.448. The first-order chi connectivity index (χ1) is 14.9. The number of sulfone groups is 1. The van der Waals surface area contributed by atoms with E-state index in [0.29, 0.717) is 11.8 Å². The highest BCUT2D eigenvalue weighted by Crippen LogP contribution is 2.57. The second kappa shape index (κ2) is 9.62. The maximum absolute atomic E-state index is 12.5. The molecule has 0 amide bonds. The van der Waals surface area contributed by atoms with Gasteiger partial charge in [0.25, 0.3) is 0 Å². The van der Waals surface area contributed by atoms with Crippen LogP contribution in [0.4, 0.5) is 0 Å². The van der Waals surface area contributed by atoms with Gasteiger partial charge in [-0.05, 0) is 107 Å². The summed E-state index contributed by atoms with van der Waals surface area (Å²) in [6.45, 7) is 14.2. The summed E-state index contributed by atoms with van der Waals surface area (Å²) >= 11 is 0. The summed E-state index contributed by atoms with van der Waals surface area (Å²) in [6, 6.07) is 0. The lowest BCUT2D eigenvalue weighted by atomic mass is 9.62. The maximum Gasteiger partial charge on any atom is 0.155 e. The van der Waals surface area contributed by atoms with E-state index in [9.17, 15) is 13.5 Å². The highest BCUT2D eigenvalue weighted by atomic mass is 32.2. The van der Waals surface area contributed by atoms with E-state index in [1.807, 2.05) is 0 Å². The molecule has 0 spiro atoms. The molecule has 0 aromatic heterocycles. The number of hydrogen-bond donors (Lipinski definition) is 1. The summed E-state index contributed by atoms with van der Waals surface area (Å²) in [5.41, 5.74) is 5.38. The van der Waals surface area contributed by atoms with Gasteiger partial charge in [-0.25, -0.2) is 8.42 Å². The third kappa shape index (κ3) is 5.17. The largest absolute Gasteiger partial charge is 0.388 e. The van der Waals surface area contributed by atoms with Crippen LogP contribution in [0, 0.1) is 17.3 Å². The lowest BCUT2D eigenvalue weighted by molar-refractivity contribution is 0.191. The van der Waals surface area contributed by atoms with Crippen LogP contribution in [-0.2, 0) is 9.84 Å². The van der Waals surface area contributed by atoms with Gasteiger partial charge in [0.2, 0.25) is 0 Å². The molecule has 0 aromatic rings. The topological polar surface area (TPSA) is 54.4 Å². The average molecular weight is 461 g/mol. The summed E-state index contributed by atoms with van der Waals surface area (Å²) in [5.74, 6) is 1.25. The minimum atomic E-state index is -3.05. The summed E-state index contributed by atoms with van der Waals surface area (Å²) in [7, 11) is -3.05. The van der Waals surface area contributed by atoms with Gasteiger partial charge in [0.05, 0.1) is 16.6 Å². The van der Waals surface area contributed by atoms with E-state index in [1.54, 1.807) is 26.3 Å². The van der Waals surface area contributed by atoms with Gasteiger partial charge in [-0.2, -0.15) is 0 Å². The molecule has 0 unspecified atom stereocenters. The standard InChI is InChI=1S/C28H44O3S/c1-20(10-9-19-32(30,31)27(3,4)5)24-16-17-25-23(12-8-18-28(24,25)6)15-14-22-11-7-13-26(29)21(22)2/h14-16,20,25-26,29H,2,7-13,17-19H2,1,3-6H3/b22-14-,23-15+/t20-,25+,26+,28-/m1/s1. The maximum atomic E-state index is 12.5. The zero-order valence-corrected chi connectivity index (χ0v) is 21.7. The number of aliphatic hydroxyl groups excluding tert-OH is 1. The normalized spacial score (nSPS) is 32.8. The molecule has 0 aromatic carbocycles. The Hall–Kier alpha value is -1.13. The second-order valence-electron chi connectivity index (χ2n) is 11.6. The minimum Gasteiger partial charge on any atom is -0.388 e. The predicted octanol–water partition coefficient (Wildman–Crippen LogP) is 6.71. The van der Waals surface area contributed by atoms with Crippen molar-refractivity contribution in [1.82, 2.24) is 0 Å². The van der Waals surface area contributed by atoms with Crippen molar-refractivity contribution in [2.24, 2.45) is 17.3 Å². The molecule has 0 saturated heterocycles. The van der Waals surface area contributed by atoms with Crippen molar-refractivity contribution in [2.75, 3.05) is 5.75 Å². The molecule has 0 bridgehead atoms. The van der Waals surface area contributed by atoms with Gasteiger partial charge in [-0.1, -0.05) is 49.8 Å². The molecule has 32 heavy (non-hydrogen) atoms. The number of fused-ring (bicyclic) bond motifs is 1. The molecule has 4 heteroatoms. The summed E-state index contributed by atoms with van der Waals surface area (Å²) in [4.78, 5) is 0. The van der Waals surface area contributed by atoms with E-state index < -0.39 is 14.6 Å². The average Bonchev–Trinajstić information content (AvgIpc) is 3.05. The van der Waals surface area contributed by atoms with Gasteiger partial charge in [-0.15, -0.1) is 0 Å². The number of allylic oxidation sites excluding steroid dienone is 5. The zero-order valence-electron chi connectivity index (χ0n) is 20.9. The SMILES string of the molecule is C=C1/C(=C\C=C2/CCC[C@]3(C)C([C@H](C)CCCS(=O)(=O)C(C)(C)C)=CC[C@@H]23)CCC[C@@H]1O. The molecule has 0 radical (unpaired) electrons. The zero-order chi connectivity index (χ0) is 23.7. The van der Waals surface area contributed by atoms with E-state index in [4.69, 9.17) is 0 Å². The molecular formula is C28H44O3S. The Morgan fingerprint density at radius 3 is 2.66 bits per heavy atom. The highest BCUT2D eigenvalue weighted by Gasteiger charge is 2.45. The monoisotopic (exact) mass is 460 g/mol. The van der Waals surface area contributed by atoms with Crippen LogP contribution in [-0.4, -0.2) is 30.1 Å². The van der Waals surface area contributed by atoms with E-state index in [-0.39, 0.29) is 17.3 Å². The summed E-state index contributed by atoms with van der Waals surface area (Å²) in [6.07, 6.45) is 15.8.